The Bertz CT molecular complexity index is 744. The minimum atomic E-state index is -0.222. The Hall–Kier alpha value is -2.25. The Labute approximate surface area is 147 Å². The van der Waals surface area contributed by atoms with E-state index in [-0.39, 0.29) is 12.0 Å². The highest BCUT2D eigenvalue weighted by molar-refractivity contribution is 5.78. The highest BCUT2D eigenvalue weighted by Gasteiger charge is 2.26. The van der Waals surface area contributed by atoms with Crippen LogP contribution < -0.4 is 5.32 Å². The normalized spacial score (nSPS) is 17.7. The molecule has 1 amide bonds. The minimum absolute atomic E-state index is 0.0788. The average molecular weight is 344 g/mol. The molecule has 1 N–H and O–H groups in total. The fourth-order valence-electron chi connectivity index (χ4n) is 3.07. The fraction of sp³-hybridized carbons (Fsp3) is 0.500. The van der Waals surface area contributed by atoms with Gasteiger partial charge in [-0.15, -0.1) is 0 Å². The summed E-state index contributed by atoms with van der Waals surface area (Å²) in [4.78, 5) is 18.7. The number of nitrogens with one attached hydrogen (secondary N) is 1. The van der Waals surface area contributed by atoms with Crippen molar-refractivity contribution in [3.05, 3.63) is 35.3 Å². The zero-order chi connectivity index (χ0) is 17.8. The van der Waals surface area contributed by atoms with Crippen LogP contribution in [0.4, 0.5) is 0 Å². The number of carbonyl (C=O) groups excluding carboxylic acids is 1. The van der Waals surface area contributed by atoms with E-state index in [1.165, 1.54) is 0 Å². The highest BCUT2D eigenvalue weighted by Crippen LogP contribution is 2.28. The molecule has 3 rings (SSSR count). The molecule has 2 aromatic rings. The van der Waals surface area contributed by atoms with E-state index in [4.69, 9.17) is 14.2 Å². The minimum Gasteiger partial charge on any atom is -0.368 e. The molecule has 7 heteroatoms. The van der Waals surface area contributed by atoms with Crippen molar-refractivity contribution in [3.8, 4) is 11.3 Å². The molecule has 1 atom stereocenters. The first-order valence-electron chi connectivity index (χ1n) is 8.60. The van der Waals surface area contributed by atoms with Crippen molar-refractivity contribution in [2.45, 2.75) is 26.4 Å². The SMILES string of the molecule is CCc1onc(C)c1-c1cccc([C@H]2CN(C(=O)CNC)CCO2)n1. The second-order valence-electron chi connectivity index (χ2n) is 6.10. The predicted octanol–water partition coefficient (Wildman–Crippen LogP) is 1.73. The molecule has 7 nitrogen and oxygen atoms in total. The van der Waals surface area contributed by atoms with Gasteiger partial charge >= 0.3 is 0 Å². The maximum atomic E-state index is 12.1. The number of amides is 1. The van der Waals surface area contributed by atoms with Crippen LogP contribution in [-0.4, -0.2) is 54.2 Å². The molecular weight excluding hydrogens is 320 g/mol. The summed E-state index contributed by atoms with van der Waals surface area (Å²) in [7, 11) is 1.77. The number of hydrogen-bond acceptors (Lipinski definition) is 6. The van der Waals surface area contributed by atoms with Crippen LogP contribution in [0.2, 0.25) is 0 Å². The molecule has 1 aliphatic heterocycles. The largest absolute Gasteiger partial charge is 0.368 e. The van der Waals surface area contributed by atoms with E-state index >= 15 is 0 Å². The van der Waals surface area contributed by atoms with Crippen molar-refractivity contribution in [1.29, 1.82) is 0 Å². The molecule has 25 heavy (non-hydrogen) atoms. The lowest BCUT2D eigenvalue weighted by Crippen LogP contribution is -2.45. The van der Waals surface area contributed by atoms with Crippen LogP contribution in [0.1, 0.15) is 30.2 Å². The van der Waals surface area contributed by atoms with Crippen LogP contribution in [0, 0.1) is 6.92 Å². The lowest BCUT2D eigenvalue weighted by Gasteiger charge is -2.32. The number of likely N-dealkylation sites (N-methyl/N-ethyl adjacent to an activating group) is 1. The molecule has 0 bridgehead atoms. The van der Waals surface area contributed by atoms with Gasteiger partial charge in [-0.25, -0.2) is 4.98 Å². The molecule has 2 aromatic heterocycles. The van der Waals surface area contributed by atoms with E-state index in [0.29, 0.717) is 26.2 Å². The molecule has 0 saturated carbocycles. The van der Waals surface area contributed by atoms with Gasteiger partial charge in [0.25, 0.3) is 0 Å². The van der Waals surface area contributed by atoms with Crippen LogP contribution >= 0.6 is 0 Å². The average Bonchev–Trinajstić information content (AvgIpc) is 3.03. The Morgan fingerprint density at radius 3 is 3.04 bits per heavy atom. The van der Waals surface area contributed by atoms with E-state index in [2.05, 4.69) is 10.5 Å². The van der Waals surface area contributed by atoms with Crippen molar-refractivity contribution in [3.63, 3.8) is 0 Å². The van der Waals surface area contributed by atoms with Gasteiger partial charge in [0.15, 0.2) is 0 Å². The van der Waals surface area contributed by atoms with Gasteiger partial charge in [-0.05, 0) is 26.1 Å². The smallest absolute Gasteiger partial charge is 0.236 e. The van der Waals surface area contributed by atoms with Gasteiger partial charge in [0.05, 0.1) is 42.3 Å². The molecule has 0 aliphatic carbocycles. The van der Waals surface area contributed by atoms with Crippen LogP contribution in [0.15, 0.2) is 22.7 Å². The van der Waals surface area contributed by atoms with Crippen molar-refractivity contribution < 1.29 is 14.1 Å². The Kier molecular flexibility index (Phi) is 5.45. The number of aromatic nitrogens is 2. The van der Waals surface area contributed by atoms with Gasteiger partial charge in [-0.1, -0.05) is 18.1 Å². The number of rotatable bonds is 5. The Morgan fingerprint density at radius 2 is 2.28 bits per heavy atom. The number of morpholine rings is 1. The molecule has 3 heterocycles. The number of pyridine rings is 1. The van der Waals surface area contributed by atoms with Crippen LogP contribution in [0.3, 0.4) is 0 Å². The first-order chi connectivity index (χ1) is 12.1. The summed E-state index contributed by atoms with van der Waals surface area (Å²) < 4.78 is 11.2. The second-order valence-corrected chi connectivity index (χ2v) is 6.10. The molecule has 0 spiro atoms. The van der Waals surface area contributed by atoms with Crippen molar-refractivity contribution in [1.82, 2.24) is 20.4 Å². The van der Waals surface area contributed by atoms with Crippen molar-refractivity contribution in [2.75, 3.05) is 33.3 Å². The number of nitrogens with zero attached hydrogens (tertiary/aromatic N) is 3. The van der Waals surface area contributed by atoms with Gasteiger partial charge in [-0.3, -0.25) is 4.79 Å². The van der Waals surface area contributed by atoms with E-state index in [1.807, 2.05) is 36.9 Å². The number of aryl methyl sites for hydroxylation is 2. The van der Waals surface area contributed by atoms with Crippen molar-refractivity contribution in [2.24, 2.45) is 0 Å². The summed E-state index contributed by atoms with van der Waals surface area (Å²) in [6, 6.07) is 5.85. The Balaban J connectivity index is 1.84. The Morgan fingerprint density at radius 1 is 1.44 bits per heavy atom. The van der Waals surface area contributed by atoms with Crippen LogP contribution in [0.25, 0.3) is 11.3 Å². The summed E-state index contributed by atoms with van der Waals surface area (Å²) in [5.74, 6) is 0.910. The molecule has 1 saturated heterocycles. The molecule has 134 valence electrons. The lowest BCUT2D eigenvalue weighted by atomic mass is 10.1. The number of carbonyl (C=O) groups is 1. The summed E-state index contributed by atoms with van der Waals surface area (Å²) in [6.45, 7) is 5.92. The molecular formula is C18H24N4O3. The summed E-state index contributed by atoms with van der Waals surface area (Å²) in [5, 5.41) is 6.96. The predicted molar refractivity (Wildman–Crippen MR) is 93.0 cm³/mol. The van der Waals surface area contributed by atoms with E-state index < -0.39 is 0 Å². The van der Waals surface area contributed by atoms with Gasteiger partial charge in [0, 0.05) is 13.0 Å². The maximum absolute atomic E-state index is 12.1. The fourth-order valence-corrected chi connectivity index (χ4v) is 3.07. The summed E-state index contributed by atoms with van der Waals surface area (Å²) in [5.41, 5.74) is 3.43. The molecule has 1 fully saturated rings. The standard InChI is InChI=1S/C18H24N4O3/c1-4-15-18(12(2)21-25-15)14-7-5-6-13(20-14)16-11-22(8-9-24-16)17(23)10-19-3/h5-7,16,19H,4,8-11H2,1-3H3/t16-/m1/s1. The summed E-state index contributed by atoms with van der Waals surface area (Å²) >= 11 is 0. The second kappa shape index (κ2) is 7.76. The van der Waals surface area contributed by atoms with E-state index in [1.54, 1.807) is 7.05 Å². The van der Waals surface area contributed by atoms with Gasteiger partial charge in [0.1, 0.15) is 11.9 Å². The monoisotopic (exact) mass is 344 g/mol. The molecule has 0 aromatic carbocycles. The molecule has 1 aliphatic rings. The van der Waals surface area contributed by atoms with Crippen molar-refractivity contribution >= 4 is 5.91 Å². The number of hydrogen-bond donors (Lipinski definition) is 1. The van der Waals surface area contributed by atoms with E-state index in [0.717, 1.165) is 34.8 Å². The number of ether oxygens (including phenoxy) is 1. The third-order valence-corrected chi connectivity index (χ3v) is 4.36. The van der Waals surface area contributed by atoms with E-state index in [9.17, 15) is 4.79 Å². The van der Waals surface area contributed by atoms with Crippen LogP contribution in [-0.2, 0) is 16.0 Å². The van der Waals surface area contributed by atoms with Crippen LogP contribution in [0.5, 0.6) is 0 Å². The van der Waals surface area contributed by atoms with Gasteiger partial charge in [0.2, 0.25) is 5.91 Å². The quantitative estimate of drug-likeness (QED) is 0.890. The molecule has 0 unspecified atom stereocenters. The highest BCUT2D eigenvalue weighted by atomic mass is 16.5. The lowest BCUT2D eigenvalue weighted by molar-refractivity contribution is -0.138. The third-order valence-electron chi connectivity index (χ3n) is 4.36. The zero-order valence-electron chi connectivity index (χ0n) is 14.9. The zero-order valence-corrected chi connectivity index (χ0v) is 14.9. The first-order valence-corrected chi connectivity index (χ1v) is 8.60. The topological polar surface area (TPSA) is 80.5 Å². The van der Waals surface area contributed by atoms with Gasteiger partial charge < -0.3 is 19.5 Å². The van der Waals surface area contributed by atoms with Gasteiger partial charge in [-0.2, -0.15) is 0 Å². The molecule has 0 radical (unpaired) electrons. The summed E-state index contributed by atoms with van der Waals surface area (Å²) in [6.07, 6.45) is 0.536. The maximum Gasteiger partial charge on any atom is 0.236 e. The first kappa shape index (κ1) is 17.6. The third kappa shape index (κ3) is 3.72.